The summed E-state index contributed by atoms with van der Waals surface area (Å²) in [5.41, 5.74) is 0. The van der Waals surface area contributed by atoms with Gasteiger partial charge in [0.05, 0.1) is 12.6 Å². The van der Waals surface area contributed by atoms with E-state index >= 15 is 0 Å². The van der Waals surface area contributed by atoms with Gasteiger partial charge in [0.2, 0.25) is 5.91 Å². The molecule has 0 radical (unpaired) electrons. The van der Waals surface area contributed by atoms with Gasteiger partial charge in [0.25, 0.3) is 0 Å². The van der Waals surface area contributed by atoms with Crippen molar-refractivity contribution in [3.63, 3.8) is 0 Å². The first-order valence-electron chi connectivity index (χ1n) is 5.71. The number of aliphatic hydroxyl groups excluding tert-OH is 1. The van der Waals surface area contributed by atoms with E-state index in [0.717, 1.165) is 5.75 Å². The van der Waals surface area contributed by atoms with Crippen LogP contribution in [0, 0.1) is 0 Å². The molecule has 1 aromatic carbocycles. The summed E-state index contributed by atoms with van der Waals surface area (Å²) in [6, 6.07) is 9.45. The molecule has 17 heavy (non-hydrogen) atoms. The molecule has 1 rings (SSSR count). The molecule has 0 saturated heterocycles. The van der Waals surface area contributed by atoms with Gasteiger partial charge in [0.15, 0.2) is 0 Å². The Morgan fingerprint density at radius 1 is 1.41 bits per heavy atom. The van der Waals surface area contributed by atoms with Crippen molar-refractivity contribution >= 4 is 5.91 Å². The number of rotatable bonds is 6. The minimum atomic E-state index is -0.518. The Labute approximate surface area is 102 Å². The number of para-hydroxylation sites is 1. The summed E-state index contributed by atoms with van der Waals surface area (Å²) in [4.78, 5) is 12.9. The van der Waals surface area contributed by atoms with E-state index < -0.39 is 6.10 Å². The van der Waals surface area contributed by atoms with Crippen molar-refractivity contribution in [2.24, 2.45) is 0 Å². The van der Waals surface area contributed by atoms with Crippen LogP contribution in [0.25, 0.3) is 0 Å². The minimum absolute atomic E-state index is 0.0532. The van der Waals surface area contributed by atoms with Gasteiger partial charge >= 0.3 is 0 Å². The van der Waals surface area contributed by atoms with Crippen molar-refractivity contribution in [1.29, 1.82) is 0 Å². The van der Waals surface area contributed by atoms with Crippen molar-refractivity contribution in [3.05, 3.63) is 30.3 Å². The molecule has 0 aliphatic rings. The second-order valence-electron chi connectivity index (χ2n) is 3.98. The van der Waals surface area contributed by atoms with Crippen LogP contribution >= 0.6 is 0 Å². The summed E-state index contributed by atoms with van der Waals surface area (Å²) in [7, 11) is 0. The summed E-state index contributed by atoms with van der Waals surface area (Å²) in [5.74, 6) is 0.732. The predicted octanol–water partition coefficient (Wildman–Crippen LogP) is 1.29. The fourth-order valence-corrected chi connectivity index (χ4v) is 1.49. The normalized spacial score (nSPS) is 11.9. The Morgan fingerprint density at radius 3 is 2.59 bits per heavy atom. The monoisotopic (exact) mass is 237 g/mol. The van der Waals surface area contributed by atoms with Gasteiger partial charge in [0, 0.05) is 13.5 Å². The van der Waals surface area contributed by atoms with E-state index in [1.807, 2.05) is 30.3 Å². The number of carbonyl (C=O) groups excluding carboxylic acids is 1. The maximum atomic E-state index is 11.3. The van der Waals surface area contributed by atoms with Crippen LogP contribution in [0.5, 0.6) is 5.75 Å². The lowest BCUT2D eigenvalue weighted by Gasteiger charge is -2.22. The highest BCUT2D eigenvalue weighted by atomic mass is 16.5. The third-order valence-electron chi connectivity index (χ3n) is 2.30. The molecule has 0 aromatic heterocycles. The molecule has 4 heteroatoms. The van der Waals surface area contributed by atoms with Crippen LogP contribution < -0.4 is 4.74 Å². The predicted molar refractivity (Wildman–Crippen MR) is 65.9 cm³/mol. The lowest BCUT2D eigenvalue weighted by molar-refractivity contribution is -0.130. The molecule has 0 saturated carbocycles. The van der Waals surface area contributed by atoms with Crippen LogP contribution in [0.3, 0.4) is 0 Å². The van der Waals surface area contributed by atoms with Crippen molar-refractivity contribution in [3.8, 4) is 5.75 Å². The molecule has 0 aliphatic carbocycles. The number of hydrogen-bond acceptors (Lipinski definition) is 3. The van der Waals surface area contributed by atoms with Gasteiger partial charge < -0.3 is 14.7 Å². The summed E-state index contributed by atoms with van der Waals surface area (Å²) < 4.78 is 5.49. The van der Waals surface area contributed by atoms with Gasteiger partial charge in [-0.05, 0) is 19.1 Å². The molecule has 1 atom stereocenters. The maximum absolute atomic E-state index is 11.3. The quantitative estimate of drug-likeness (QED) is 0.811. The van der Waals surface area contributed by atoms with Crippen LogP contribution in [0.1, 0.15) is 13.8 Å². The Morgan fingerprint density at radius 2 is 2.06 bits per heavy atom. The Balaban J connectivity index is 2.35. The molecule has 0 aliphatic heterocycles. The topological polar surface area (TPSA) is 49.8 Å². The number of hydrogen-bond donors (Lipinski definition) is 1. The van der Waals surface area contributed by atoms with E-state index in [1.54, 1.807) is 11.8 Å². The summed E-state index contributed by atoms with van der Waals surface area (Å²) >= 11 is 0. The number of carbonyl (C=O) groups is 1. The lowest BCUT2D eigenvalue weighted by Crippen LogP contribution is -2.37. The largest absolute Gasteiger partial charge is 0.492 e. The fraction of sp³-hybridized carbons (Fsp3) is 0.462. The zero-order valence-corrected chi connectivity index (χ0v) is 10.3. The molecule has 4 nitrogen and oxygen atoms in total. The molecule has 0 fully saturated rings. The summed E-state index contributed by atoms with van der Waals surface area (Å²) in [6.07, 6.45) is -0.518. The zero-order valence-electron chi connectivity index (χ0n) is 10.3. The fourth-order valence-electron chi connectivity index (χ4n) is 1.49. The lowest BCUT2D eigenvalue weighted by atomic mass is 10.3. The van der Waals surface area contributed by atoms with Crippen LogP contribution in [0.4, 0.5) is 0 Å². The smallest absolute Gasteiger partial charge is 0.219 e. The van der Waals surface area contributed by atoms with Gasteiger partial charge in [0.1, 0.15) is 12.4 Å². The van der Waals surface area contributed by atoms with E-state index in [-0.39, 0.29) is 5.91 Å². The Hall–Kier alpha value is -1.55. The molecular weight excluding hydrogens is 218 g/mol. The third kappa shape index (κ3) is 5.36. The number of ether oxygens (including phenoxy) is 1. The van der Waals surface area contributed by atoms with Crippen molar-refractivity contribution < 1.29 is 14.6 Å². The van der Waals surface area contributed by atoms with Crippen LogP contribution in [-0.2, 0) is 4.79 Å². The molecular formula is C13H19NO3. The molecule has 0 bridgehead atoms. The highest BCUT2D eigenvalue weighted by Gasteiger charge is 2.10. The average molecular weight is 237 g/mol. The molecule has 0 spiro atoms. The molecule has 1 N–H and O–H groups in total. The van der Waals surface area contributed by atoms with Crippen LogP contribution in [0.2, 0.25) is 0 Å². The summed E-state index contributed by atoms with van der Waals surface area (Å²) in [5, 5.41) is 9.25. The minimum Gasteiger partial charge on any atom is -0.492 e. The second-order valence-corrected chi connectivity index (χ2v) is 3.98. The van der Waals surface area contributed by atoms with Crippen molar-refractivity contribution in [2.45, 2.75) is 20.0 Å². The third-order valence-corrected chi connectivity index (χ3v) is 2.30. The summed E-state index contributed by atoms with van der Waals surface area (Å²) in [6.45, 7) is 4.40. The van der Waals surface area contributed by atoms with Crippen molar-refractivity contribution in [2.75, 3.05) is 19.7 Å². The van der Waals surface area contributed by atoms with E-state index in [2.05, 4.69) is 0 Å². The van der Waals surface area contributed by atoms with Crippen LogP contribution in [0.15, 0.2) is 30.3 Å². The highest BCUT2D eigenvalue weighted by Crippen LogP contribution is 2.08. The molecule has 1 amide bonds. The zero-order chi connectivity index (χ0) is 12.7. The Bertz CT molecular complexity index is 338. The van der Waals surface area contributed by atoms with E-state index in [4.69, 9.17) is 4.74 Å². The first-order chi connectivity index (χ1) is 8.09. The van der Waals surface area contributed by atoms with Crippen molar-refractivity contribution in [1.82, 2.24) is 4.90 Å². The standard InChI is InChI=1S/C13H19NO3/c1-11(15)10-14(12(2)16)8-9-17-13-6-4-3-5-7-13/h3-7,11,15H,8-10H2,1-2H3. The first-order valence-corrected chi connectivity index (χ1v) is 5.71. The van der Waals surface area contributed by atoms with E-state index in [1.165, 1.54) is 6.92 Å². The number of nitrogens with zero attached hydrogens (tertiary/aromatic N) is 1. The van der Waals surface area contributed by atoms with Gasteiger partial charge in [-0.2, -0.15) is 0 Å². The molecule has 1 unspecified atom stereocenters. The Kier molecular flexibility index (Phi) is 5.49. The van der Waals surface area contributed by atoms with Gasteiger partial charge in [-0.25, -0.2) is 0 Å². The highest BCUT2D eigenvalue weighted by molar-refractivity contribution is 5.73. The van der Waals surface area contributed by atoms with Gasteiger partial charge in [-0.15, -0.1) is 0 Å². The number of benzene rings is 1. The number of aliphatic hydroxyl groups is 1. The average Bonchev–Trinajstić information content (AvgIpc) is 2.28. The van der Waals surface area contributed by atoms with Gasteiger partial charge in [-0.1, -0.05) is 18.2 Å². The van der Waals surface area contributed by atoms with E-state index in [9.17, 15) is 9.90 Å². The first kappa shape index (κ1) is 13.5. The molecule has 94 valence electrons. The van der Waals surface area contributed by atoms with E-state index in [0.29, 0.717) is 19.7 Å². The second kappa shape index (κ2) is 6.91. The number of amides is 1. The van der Waals surface area contributed by atoms with Gasteiger partial charge in [-0.3, -0.25) is 4.79 Å². The maximum Gasteiger partial charge on any atom is 0.219 e. The van der Waals surface area contributed by atoms with Crippen LogP contribution in [-0.4, -0.2) is 41.7 Å². The SMILES string of the molecule is CC(=O)N(CCOc1ccccc1)CC(C)O. The molecule has 1 aromatic rings. The molecule has 0 heterocycles.